The Morgan fingerprint density at radius 3 is 2.51 bits per heavy atom. The van der Waals surface area contributed by atoms with Crippen molar-refractivity contribution in [1.82, 2.24) is 10.2 Å². The van der Waals surface area contributed by atoms with E-state index in [2.05, 4.69) is 16.3 Å². The van der Waals surface area contributed by atoms with Gasteiger partial charge in [0, 0.05) is 37.5 Å². The minimum atomic E-state index is -2.58. The Morgan fingerprint density at radius 2 is 1.83 bits per heavy atom. The van der Waals surface area contributed by atoms with Crippen LogP contribution in [0.5, 0.6) is 5.75 Å². The minimum absolute atomic E-state index is 0.00744. The molecule has 0 saturated carbocycles. The molecule has 2 aromatic carbocycles. The maximum atomic E-state index is 13.9. The summed E-state index contributed by atoms with van der Waals surface area (Å²) in [6.45, 7) is 4.35. The molecule has 1 amide bonds. The normalized spacial score (nSPS) is 23.9. The lowest BCUT2D eigenvalue weighted by molar-refractivity contribution is -0.144. The Balaban J connectivity index is 1.57. The van der Waals surface area contributed by atoms with Crippen LogP contribution in [0, 0.1) is 18.8 Å². The zero-order valence-electron chi connectivity index (χ0n) is 23.3. The van der Waals surface area contributed by atoms with Crippen LogP contribution in [0.4, 0.5) is 0 Å². The van der Waals surface area contributed by atoms with Crippen molar-refractivity contribution in [1.29, 1.82) is 0 Å². The lowest BCUT2D eigenvalue weighted by Crippen LogP contribution is -2.57. The van der Waals surface area contributed by atoms with E-state index in [0.29, 0.717) is 12.1 Å². The maximum absolute atomic E-state index is 13.9. The average Bonchev–Trinajstić information content (AvgIpc) is 2.89. The highest BCUT2D eigenvalue weighted by atomic mass is 16.3. The largest absolute Gasteiger partial charge is 0.511 e. The summed E-state index contributed by atoms with van der Waals surface area (Å²) < 4.78 is 0. The summed E-state index contributed by atoms with van der Waals surface area (Å²) in [5.74, 6) is -6.37. The van der Waals surface area contributed by atoms with Gasteiger partial charge in [-0.1, -0.05) is 18.2 Å². The number of amides is 1. The number of aromatic hydroxyl groups is 1. The summed E-state index contributed by atoms with van der Waals surface area (Å²) in [5, 5.41) is 47.3. The monoisotopic (exact) mass is 561 g/mol. The van der Waals surface area contributed by atoms with E-state index in [-0.39, 0.29) is 36.1 Å². The van der Waals surface area contributed by atoms with Gasteiger partial charge in [-0.05, 0) is 79.7 Å². The lowest BCUT2D eigenvalue weighted by Gasteiger charge is -2.45. The van der Waals surface area contributed by atoms with Crippen LogP contribution in [0.25, 0.3) is 11.1 Å². The molecule has 7 N–H and O–H groups in total. The molecule has 0 aliphatic heterocycles. The number of primary amides is 1. The topological polar surface area (TPSA) is 173 Å². The highest BCUT2D eigenvalue weighted by Crippen LogP contribution is 2.52. The number of aliphatic hydroxyl groups excluding tert-OH is 2. The first-order valence-electron chi connectivity index (χ1n) is 13.6. The second kappa shape index (κ2) is 10.4. The number of hydrogen-bond donors (Lipinski definition) is 6. The lowest BCUT2D eigenvalue weighted by atomic mass is 9.60. The fourth-order valence-electron chi connectivity index (χ4n) is 6.48. The first-order valence-corrected chi connectivity index (χ1v) is 13.6. The number of nitrogens with two attached hydrogens (primary N) is 1. The molecule has 0 saturated heterocycles. The molecule has 0 aromatic heterocycles. The van der Waals surface area contributed by atoms with Crippen molar-refractivity contribution < 1.29 is 34.8 Å². The molecule has 2 aromatic rings. The van der Waals surface area contributed by atoms with Gasteiger partial charge in [-0.15, -0.1) is 0 Å². The number of carbonyl (C=O) groups excluding carboxylic acids is 3. The average molecular weight is 562 g/mol. The van der Waals surface area contributed by atoms with Gasteiger partial charge in [0.1, 0.15) is 22.8 Å². The van der Waals surface area contributed by atoms with E-state index in [1.165, 1.54) is 6.07 Å². The number of fused-ring (bicyclic) bond motifs is 3. The van der Waals surface area contributed by atoms with Crippen LogP contribution in [-0.2, 0) is 22.6 Å². The van der Waals surface area contributed by atoms with Crippen molar-refractivity contribution in [3.05, 3.63) is 75.3 Å². The molecule has 0 radical (unpaired) electrons. The van der Waals surface area contributed by atoms with Gasteiger partial charge in [-0.3, -0.25) is 14.4 Å². The molecule has 3 atom stereocenters. The molecule has 3 aliphatic carbocycles. The maximum Gasteiger partial charge on any atom is 0.255 e. The minimum Gasteiger partial charge on any atom is -0.511 e. The number of carbonyl (C=O) groups is 3. The molecule has 41 heavy (non-hydrogen) atoms. The van der Waals surface area contributed by atoms with Crippen LogP contribution in [0.3, 0.4) is 0 Å². The molecule has 0 spiro atoms. The second-order valence-electron chi connectivity index (χ2n) is 11.5. The smallest absolute Gasteiger partial charge is 0.255 e. The predicted octanol–water partition coefficient (Wildman–Crippen LogP) is 2.21. The summed E-state index contributed by atoms with van der Waals surface area (Å²) in [6.07, 6.45) is 0.0833. The van der Waals surface area contributed by atoms with E-state index >= 15 is 0 Å². The van der Waals surface area contributed by atoms with E-state index in [1.54, 1.807) is 6.07 Å². The number of nitrogens with one attached hydrogen (secondary N) is 1. The standard InChI is InChI=1S/C31H35N3O7/c1-15-4-5-16(14-33-8-9-34(2)3)10-20(15)19-6-7-22(35)25-21(19)12-17-11-18-13-23(36)26(30(32)40)29(39)31(18,41)28(38)24(17)27(25)37/h4-7,10,17-18,33,35-36,38,41H,8-9,11-14H2,1-3H3,(H2,32,40)/t17-,18+,31+/m1/s1. The Labute approximate surface area is 237 Å². The van der Waals surface area contributed by atoms with Crippen molar-refractivity contribution in [2.45, 2.75) is 38.3 Å². The third kappa shape index (κ3) is 4.61. The van der Waals surface area contributed by atoms with Crippen molar-refractivity contribution in [2.24, 2.45) is 17.6 Å². The fourth-order valence-corrected chi connectivity index (χ4v) is 6.48. The van der Waals surface area contributed by atoms with E-state index in [9.17, 15) is 34.8 Å². The number of phenolic OH excluding ortho intramolecular Hbond substituents is 1. The number of hydrogen-bond acceptors (Lipinski definition) is 9. The summed E-state index contributed by atoms with van der Waals surface area (Å²) in [6, 6.07) is 9.33. The zero-order chi connectivity index (χ0) is 29.8. The van der Waals surface area contributed by atoms with Gasteiger partial charge in [0.2, 0.25) is 5.78 Å². The SMILES string of the molecule is Cc1ccc(CNCCN(C)C)cc1-c1ccc(O)c2c1C[C@H]1C[C@H]3CC(O)=C(C(N)=O)C(=O)[C@@]3(O)C(O)=C1C2=O. The van der Waals surface area contributed by atoms with Crippen molar-refractivity contribution in [3.8, 4) is 16.9 Å². The van der Waals surface area contributed by atoms with Gasteiger partial charge >= 0.3 is 0 Å². The van der Waals surface area contributed by atoms with E-state index in [1.807, 2.05) is 33.2 Å². The van der Waals surface area contributed by atoms with Gasteiger partial charge in [0.05, 0.1) is 5.56 Å². The van der Waals surface area contributed by atoms with Crippen LogP contribution < -0.4 is 11.1 Å². The Hall–Kier alpha value is -3.99. The number of likely N-dealkylation sites (N-methyl/N-ethyl adjacent to an activating group) is 1. The zero-order valence-corrected chi connectivity index (χ0v) is 23.3. The fraction of sp³-hybridized carbons (Fsp3) is 0.387. The van der Waals surface area contributed by atoms with E-state index in [0.717, 1.165) is 35.3 Å². The van der Waals surface area contributed by atoms with Gasteiger partial charge < -0.3 is 36.4 Å². The van der Waals surface area contributed by atoms with Gasteiger partial charge in [0.25, 0.3) is 5.91 Å². The quantitative estimate of drug-likeness (QED) is 0.219. The van der Waals surface area contributed by atoms with Crippen LogP contribution in [-0.4, -0.2) is 75.6 Å². The number of aliphatic hydroxyl groups is 3. The molecule has 216 valence electrons. The van der Waals surface area contributed by atoms with Crippen molar-refractivity contribution >= 4 is 17.5 Å². The molecular weight excluding hydrogens is 526 g/mol. The number of benzene rings is 2. The molecule has 0 heterocycles. The molecule has 10 heteroatoms. The van der Waals surface area contributed by atoms with Gasteiger partial charge in [-0.25, -0.2) is 0 Å². The molecule has 3 aliphatic rings. The van der Waals surface area contributed by atoms with Crippen molar-refractivity contribution in [3.63, 3.8) is 0 Å². The number of rotatable bonds is 7. The molecule has 10 nitrogen and oxygen atoms in total. The number of ketones is 2. The van der Waals surface area contributed by atoms with Crippen LogP contribution >= 0.6 is 0 Å². The molecule has 5 rings (SSSR count). The van der Waals surface area contributed by atoms with Crippen molar-refractivity contribution in [2.75, 3.05) is 27.2 Å². The third-order valence-corrected chi connectivity index (χ3v) is 8.60. The van der Waals surface area contributed by atoms with E-state index < -0.39 is 52.0 Å². The number of allylic oxidation sites excluding steroid dienone is 2. The van der Waals surface area contributed by atoms with Crippen LogP contribution in [0.15, 0.2) is 53.0 Å². The number of nitrogens with zero attached hydrogens (tertiary/aromatic N) is 1. The van der Waals surface area contributed by atoms with E-state index in [4.69, 9.17) is 5.73 Å². The Morgan fingerprint density at radius 1 is 1.10 bits per heavy atom. The number of phenols is 1. The Bertz CT molecular complexity index is 1540. The predicted molar refractivity (Wildman–Crippen MR) is 151 cm³/mol. The highest BCUT2D eigenvalue weighted by Gasteiger charge is 2.59. The number of Topliss-reactive ketones (excluding diaryl/α,β-unsaturated/α-hetero) is 2. The summed E-state index contributed by atoms with van der Waals surface area (Å²) >= 11 is 0. The van der Waals surface area contributed by atoms with Crippen LogP contribution in [0.2, 0.25) is 0 Å². The summed E-state index contributed by atoms with van der Waals surface area (Å²) in [5.41, 5.74) is 6.08. The first-order chi connectivity index (χ1) is 19.4. The molecular formula is C31H35N3O7. The molecule has 0 bridgehead atoms. The number of aryl methyl sites for hydroxylation is 1. The van der Waals surface area contributed by atoms with Gasteiger partial charge in [-0.2, -0.15) is 0 Å². The van der Waals surface area contributed by atoms with Crippen LogP contribution in [0.1, 0.15) is 39.9 Å². The van der Waals surface area contributed by atoms with Gasteiger partial charge in [0.15, 0.2) is 11.4 Å². The summed E-state index contributed by atoms with van der Waals surface area (Å²) in [4.78, 5) is 41.0. The molecule has 0 fully saturated rings. The first kappa shape index (κ1) is 28.5. The summed E-state index contributed by atoms with van der Waals surface area (Å²) in [7, 11) is 4.02. The molecule has 0 unspecified atom stereocenters. The Kier molecular flexibility index (Phi) is 7.27. The third-order valence-electron chi connectivity index (χ3n) is 8.60. The highest BCUT2D eigenvalue weighted by molar-refractivity contribution is 6.24. The second-order valence-corrected chi connectivity index (χ2v) is 11.5.